The smallest absolute Gasteiger partial charge is 0.353 e. The van der Waals surface area contributed by atoms with Gasteiger partial charge in [-0.3, -0.25) is 4.57 Å². The lowest BCUT2D eigenvalue weighted by atomic mass is 10.1. The van der Waals surface area contributed by atoms with Gasteiger partial charge in [-0.25, -0.2) is 9.18 Å². The van der Waals surface area contributed by atoms with E-state index in [1.54, 1.807) is 13.1 Å². The van der Waals surface area contributed by atoms with Crippen LogP contribution in [-0.2, 0) is 13.6 Å². The van der Waals surface area contributed by atoms with Crippen molar-refractivity contribution < 1.29 is 22.7 Å². The van der Waals surface area contributed by atoms with Crippen LogP contribution in [0.15, 0.2) is 29.2 Å². The van der Waals surface area contributed by atoms with Crippen molar-refractivity contribution >= 4 is 16.6 Å². The number of rotatable bonds is 8. The highest BCUT2D eigenvalue weighted by molar-refractivity contribution is 6.74. The van der Waals surface area contributed by atoms with Gasteiger partial charge in [-0.15, -0.1) is 0 Å². The second-order valence-corrected chi connectivity index (χ2v) is 23.7. The van der Waals surface area contributed by atoms with Gasteiger partial charge in [-0.1, -0.05) is 59.7 Å². The molecular formula is C30H49FN2O5Si2. The Kier molecular flexibility index (Phi) is 9.33. The van der Waals surface area contributed by atoms with Gasteiger partial charge in [0.15, 0.2) is 29.0 Å². The van der Waals surface area contributed by atoms with E-state index in [-0.39, 0.29) is 22.6 Å². The number of halogens is 1. The molecule has 1 aliphatic heterocycles. The van der Waals surface area contributed by atoms with E-state index < -0.39 is 46.9 Å². The molecule has 0 N–H and O–H groups in total. The molecule has 224 valence electrons. The van der Waals surface area contributed by atoms with Crippen molar-refractivity contribution in [2.75, 3.05) is 6.61 Å². The third kappa shape index (κ3) is 6.78. The van der Waals surface area contributed by atoms with Crippen molar-refractivity contribution in [2.24, 2.45) is 0 Å². The maximum Gasteiger partial charge on any atom is 0.353 e. The largest absolute Gasteiger partial charge is 0.438 e. The molecule has 40 heavy (non-hydrogen) atoms. The van der Waals surface area contributed by atoms with Gasteiger partial charge in [0.1, 0.15) is 18.0 Å². The zero-order valence-corrected chi connectivity index (χ0v) is 28.6. The summed E-state index contributed by atoms with van der Waals surface area (Å²) in [5, 5.41) is -0.142. The van der Waals surface area contributed by atoms with Crippen LogP contribution < -0.4 is 10.4 Å². The van der Waals surface area contributed by atoms with Crippen molar-refractivity contribution in [3.8, 4) is 11.6 Å². The summed E-state index contributed by atoms with van der Waals surface area (Å²) in [6.45, 7) is 27.2. The van der Waals surface area contributed by atoms with Gasteiger partial charge in [0, 0.05) is 11.8 Å². The normalized spacial score (nSPS) is 22.6. The number of alkyl halides is 1. The Hall–Kier alpha value is -1.86. The molecule has 7 nitrogen and oxygen atoms in total. The van der Waals surface area contributed by atoms with Crippen molar-refractivity contribution in [2.45, 2.75) is 123 Å². The lowest BCUT2D eigenvalue weighted by Gasteiger charge is -2.40. The van der Waals surface area contributed by atoms with E-state index in [0.29, 0.717) is 11.3 Å². The Morgan fingerprint density at radius 3 is 2.02 bits per heavy atom. The topological polar surface area (TPSA) is 71.8 Å². The van der Waals surface area contributed by atoms with Crippen LogP contribution in [0.2, 0.25) is 36.3 Å². The summed E-state index contributed by atoms with van der Waals surface area (Å²) >= 11 is 0. The molecule has 2 aromatic rings. The molecule has 0 spiro atoms. The molecule has 1 aromatic heterocycles. The Labute approximate surface area is 241 Å². The number of ether oxygens (including phenoxy) is 2. The molecule has 4 atom stereocenters. The van der Waals surface area contributed by atoms with Gasteiger partial charge in [0.25, 0.3) is 0 Å². The number of benzene rings is 1. The SMILES string of the molecule is Cc1cn([C@H]2O[C@@H](CO[Si](C)(C)C(C)(C)C)C(O[Si](C)(C)C(C)(C)C)[C@H]2F)c(=O)nc1Oc1c(C)cccc1C. The summed E-state index contributed by atoms with van der Waals surface area (Å²) in [6, 6.07) is 5.82. The van der Waals surface area contributed by atoms with Crippen molar-refractivity contribution in [3.63, 3.8) is 0 Å². The van der Waals surface area contributed by atoms with Crippen LogP contribution in [0.1, 0.15) is 64.5 Å². The Morgan fingerprint density at radius 2 is 1.50 bits per heavy atom. The van der Waals surface area contributed by atoms with Crippen molar-refractivity contribution in [3.05, 3.63) is 51.6 Å². The zero-order valence-electron chi connectivity index (χ0n) is 26.6. The summed E-state index contributed by atoms with van der Waals surface area (Å²) in [5.74, 6) is 0.848. The molecule has 0 bridgehead atoms. The van der Waals surface area contributed by atoms with Gasteiger partial charge in [0.2, 0.25) is 5.88 Å². The van der Waals surface area contributed by atoms with E-state index in [2.05, 4.69) is 72.7 Å². The monoisotopic (exact) mass is 592 g/mol. The molecule has 1 fully saturated rings. The summed E-state index contributed by atoms with van der Waals surface area (Å²) in [6.07, 6.45) is -2.73. The molecule has 0 saturated carbocycles. The van der Waals surface area contributed by atoms with Crippen LogP contribution in [0.5, 0.6) is 11.6 Å². The molecule has 1 aromatic carbocycles. The number of aromatic nitrogens is 2. The van der Waals surface area contributed by atoms with Crippen LogP contribution in [0, 0.1) is 20.8 Å². The number of aryl methyl sites for hydroxylation is 3. The summed E-state index contributed by atoms with van der Waals surface area (Å²) < 4.78 is 43.0. The molecule has 0 amide bonds. The first kappa shape index (κ1) is 32.7. The third-order valence-electron chi connectivity index (χ3n) is 8.89. The maximum atomic E-state index is 16.3. The number of para-hydroxylation sites is 1. The van der Waals surface area contributed by atoms with Crippen molar-refractivity contribution in [1.82, 2.24) is 9.55 Å². The summed E-state index contributed by atoms with van der Waals surface area (Å²) in [4.78, 5) is 17.5. The Morgan fingerprint density at radius 1 is 0.950 bits per heavy atom. The Bertz CT molecular complexity index is 1250. The molecule has 3 rings (SSSR count). The van der Waals surface area contributed by atoms with Crippen LogP contribution in [-0.4, -0.2) is 51.2 Å². The number of hydrogen-bond donors (Lipinski definition) is 0. The lowest BCUT2D eigenvalue weighted by molar-refractivity contribution is -0.0456. The van der Waals surface area contributed by atoms with Crippen LogP contribution in [0.4, 0.5) is 4.39 Å². The summed E-state index contributed by atoms with van der Waals surface area (Å²) in [5.41, 5.74) is 1.82. The average molecular weight is 593 g/mol. The first-order chi connectivity index (χ1) is 18.2. The van der Waals surface area contributed by atoms with Crippen LogP contribution in [0.3, 0.4) is 0 Å². The fourth-order valence-electron chi connectivity index (χ4n) is 4.11. The minimum atomic E-state index is -2.37. The first-order valence-corrected chi connectivity index (χ1v) is 19.9. The molecule has 10 heteroatoms. The van der Waals surface area contributed by atoms with E-state index in [4.69, 9.17) is 18.3 Å². The molecule has 1 saturated heterocycles. The molecule has 1 unspecified atom stereocenters. The highest BCUT2D eigenvalue weighted by Gasteiger charge is 2.52. The van der Waals surface area contributed by atoms with Gasteiger partial charge >= 0.3 is 5.69 Å². The minimum absolute atomic E-state index is 0.0147. The van der Waals surface area contributed by atoms with Gasteiger partial charge in [-0.05, 0) is 68.2 Å². The molecule has 2 heterocycles. The van der Waals surface area contributed by atoms with Gasteiger partial charge in [-0.2, -0.15) is 4.98 Å². The van der Waals surface area contributed by atoms with E-state index in [1.165, 1.54) is 4.57 Å². The van der Waals surface area contributed by atoms with Crippen molar-refractivity contribution in [1.29, 1.82) is 0 Å². The molecule has 0 aliphatic carbocycles. The second kappa shape index (κ2) is 11.4. The van der Waals surface area contributed by atoms with Crippen LogP contribution in [0.25, 0.3) is 0 Å². The molecular weight excluding hydrogens is 544 g/mol. The predicted octanol–water partition coefficient (Wildman–Crippen LogP) is 7.61. The fraction of sp³-hybridized carbons (Fsp3) is 0.667. The zero-order chi connectivity index (χ0) is 30.4. The third-order valence-corrected chi connectivity index (χ3v) is 17.9. The highest BCUT2D eigenvalue weighted by atomic mass is 28.4. The quantitative estimate of drug-likeness (QED) is 0.294. The number of hydrogen-bond acceptors (Lipinski definition) is 6. The minimum Gasteiger partial charge on any atom is -0.438 e. The fourth-order valence-corrected chi connectivity index (χ4v) is 6.44. The Balaban J connectivity index is 1.95. The van der Waals surface area contributed by atoms with E-state index in [9.17, 15) is 4.79 Å². The number of nitrogens with zero attached hydrogens (tertiary/aromatic N) is 2. The molecule has 1 aliphatic rings. The predicted molar refractivity (Wildman–Crippen MR) is 163 cm³/mol. The average Bonchev–Trinajstić information content (AvgIpc) is 3.10. The lowest BCUT2D eigenvalue weighted by Crippen LogP contribution is -2.50. The highest BCUT2D eigenvalue weighted by Crippen LogP contribution is 2.43. The summed E-state index contributed by atoms with van der Waals surface area (Å²) in [7, 11) is -4.51. The first-order valence-electron chi connectivity index (χ1n) is 14.1. The van der Waals surface area contributed by atoms with E-state index in [1.807, 2.05) is 32.0 Å². The standard InChI is InChI=1S/C30H49FN2O5Si2/c1-19-15-14-16-20(2)24(19)37-26-21(3)17-33(28(34)32-26)27-23(31)25(38-40(12,13)30(7,8)9)22(36-27)18-35-39(10,11)29(4,5)6/h14-17,22-23,25,27H,18H2,1-13H3/t22-,23+,25?,27-/m0/s1. The van der Waals surface area contributed by atoms with E-state index >= 15 is 4.39 Å². The van der Waals surface area contributed by atoms with E-state index in [0.717, 1.165) is 11.1 Å². The maximum absolute atomic E-state index is 16.3. The second-order valence-electron chi connectivity index (χ2n) is 14.2. The van der Waals surface area contributed by atoms with Gasteiger partial charge < -0.3 is 18.3 Å². The molecule has 0 radical (unpaired) electrons. The van der Waals surface area contributed by atoms with Crippen LogP contribution >= 0.6 is 0 Å². The van der Waals surface area contributed by atoms with Gasteiger partial charge in [0.05, 0.1) is 6.61 Å².